The molecular weight excluding hydrogens is 323 g/mol. The summed E-state index contributed by atoms with van der Waals surface area (Å²) in [7, 11) is 0. The second-order valence-electron chi connectivity index (χ2n) is 4.62. The van der Waals surface area contributed by atoms with Gasteiger partial charge in [-0.25, -0.2) is 5.43 Å². The van der Waals surface area contributed by atoms with E-state index in [2.05, 4.69) is 10.9 Å². The molecule has 0 bridgehead atoms. The molecule has 0 unspecified atom stereocenters. The predicted octanol–water partition coefficient (Wildman–Crippen LogP) is 3.08. The van der Waals surface area contributed by atoms with Gasteiger partial charge in [-0.2, -0.15) is 0 Å². The van der Waals surface area contributed by atoms with Crippen molar-refractivity contribution in [3.05, 3.63) is 69.7 Å². The minimum Gasteiger partial charge on any atom is -0.267 e. The van der Waals surface area contributed by atoms with Gasteiger partial charge in [-0.3, -0.25) is 9.59 Å². The molecule has 0 atom stereocenters. The molecule has 3 rings (SSSR count). The molecule has 0 saturated heterocycles. The maximum atomic E-state index is 12.2. The Hall–Kier alpha value is -2.30. The SMILES string of the molecule is O=C1[N]NC(=O)C(c2ccc(Cl)cc2)=C1c1ccc(Cl)cc1. The normalized spacial score (nSPS) is 14.6. The zero-order valence-corrected chi connectivity index (χ0v) is 12.7. The van der Waals surface area contributed by atoms with Crippen LogP contribution >= 0.6 is 23.2 Å². The van der Waals surface area contributed by atoms with Gasteiger partial charge in [-0.15, -0.1) is 5.43 Å². The molecule has 0 spiro atoms. The summed E-state index contributed by atoms with van der Waals surface area (Å²) in [5.41, 5.74) is 7.43. The van der Waals surface area contributed by atoms with E-state index in [0.29, 0.717) is 21.2 Å². The van der Waals surface area contributed by atoms with E-state index in [1.165, 1.54) is 0 Å². The van der Waals surface area contributed by atoms with Crippen LogP contribution in [0.15, 0.2) is 48.5 Å². The third kappa shape index (κ3) is 2.71. The Kier molecular flexibility index (Phi) is 3.88. The smallest absolute Gasteiger partial charge is 0.267 e. The molecule has 1 N–H and O–H groups in total. The fourth-order valence-corrected chi connectivity index (χ4v) is 2.46. The van der Waals surface area contributed by atoms with E-state index >= 15 is 0 Å². The van der Waals surface area contributed by atoms with Crippen molar-refractivity contribution in [3.8, 4) is 0 Å². The lowest BCUT2D eigenvalue weighted by Gasteiger charge is -2.19. The number of amides is 2. The van der Waals surface area contributed by atoms with E-state index in [-0.39, 0.29) is 11.1 Å². The largest absolute Gasteiger partial charge is 0.295 e. The van der Waals surface area contributed by atoms with Gasteiger partial charge < -0.3 is 0 Å². The quantitative estimate of drug-likeness (QED) is 0.919. The molecule has 0 saturated carbocycles. The molecule has 22 heavy (non-hydrogen) atoms. The van der Waals surface area contributed by atoms with Crippen LogP contribution in [-0.4, -0.2) is 11.8 Å². The van der Waals surface area contributed by atoms with Crippen LogP contribution in [-0.2, 0) is 9.59 Å². The van der Waals surface area contributed by atoms with Gasteiger partial charge in [0.1, 0.15) is 0 Å². The first-order chi connectivity index (χ1) is 10.6. The van der Waals surface area contributed by atoms with E-state index in [4.69, 9.17) is 23.2 Å². The second-order valence-corrected chi connectivity index (χ2v) is 5.49. The molecule has 2 aromatic rings. The molecule has 0 aliphatic carbocycles. The zero-order valence-electron chi connectivity index (χ0n) is 11.1. The summed E-state index contributed by atoms with van der Waals surface area (Å²) in [5.74, 6) is -0.946. The van der Waals surface area contributed by atoms with E-state index < -0.39 is 11.8 Å². The van der Waals surface area contributed by atoms with E-state index in [9.17, 15) is 9.59 Å². The van der Waals surface area contributed by atoms with Crippen LogP contribution in [0.25, 0.3) is 11.1 Å². The number of hydrogen-bond donors (Lipinski definition) is 1. The average Bonchev–Trinajstić information content (AvgIpc) is 2.51. The summed E-state index contributed by atoms with van der Waals surface area (Å²) in [6.45, 7) is 0. The molecule has 1 aliphatic rings. The monoisotopic (exact) mass is 331 g/mol. The van der Waals surface area contributed by atoms with Crippen molar-refractivity contribution in [1.29, 1.82) is 0 Å². The lowest BCUT2D eigenvalue weighted by atomic mass is 9.92. The third-order valence-electron chi connectivity index (χ3n) is 3.22. The number of rotatable bonds is 2. The molecule has 0 fully saturated rings. The predicted molar refractivity (Wildman–Crippen MR) is 85.0 cm³/mol. The topological polar surface area (TPSA) is 60.3 Å². The number of halogens is 2. The Balaban J connectivity index is 2.23. The van der Waals surface area contributed by atoms with Gasteiger partial charge in [0, 0.05) is 10.0 Å². The number of hydrogen-bond acceptors (Lipinski definition) is 2. The molecular formula is C16H9Cl2N2O2. The molecule has 1 heterocycles. The maximum Gasteiger partial charge on any atom is 0.295 e. The van der Waals surface area contributed by atoms with E-state index in [1.54, 1.807) is 48.5 Å². The fraction of sp³-hybridized carbons (Fsp3) is 0. The molecule has 1 radical (unpaired) electrons. The average molecular weight is 332 g/mol. The summed E-state index contributed by atoms with van der Waals surface area (Å²) in [6, 6.07) is 13.4. The standard InChI is InChI=1S/C16H9Cl2N2O2/c17-11-5-1-9(2-6-11)13-14(16(22)20-19-15(13)21)10-3-7-12(18)8-4-10/h1-8H,(H,19,21). The van der Waals surface area contributed by atoms with Gasteiger partial charge in [0.2, 0.25) is 0 Å². The fourth-order valence-electron chi connectivity index (χ4n) is 2.21. The Labute approximate surface area is 136 Å². The lowest BCUT2D eigenvalue weighted by Crippen LogP contribution is -2.41. The van der Waals surface area contributed by atoms with Gasteiger partial charge in [-0.1, -0.05) is 47.5 Å². The number of nitrogens with zero attached hydrogens (tertiary/aromatic N) is 1. The first-order valence-corrected chi connectivity index (χ1v) is 7.13. The van der Waals surface area contributed by atoms with Crippen LogP contribution in [0.5, 0.6) is 0 Å². The third-order valence-corrected chi connectivity index (χ3v) is 3.72. The van der Waals surface area contributed by atoms with Gasteiger partial charge in [0.15, 0.2) is 0 Å². The van der Waals surface area contributed by atoms with Crippen molar-refractivity contribution in [3.63, 3.8) is 0 Å². The van der Waals surface area contributed by atoms with Crippen molar-refractivity contribution in [2.45, 2.75) is 0 Å². The highest BCUT2D eigenvalue weighted by atomic mass is 35.5. The van der Waals surface area contributed by atoms with Crippen molar-refractivity contribution in [1.82, 2.24) is 10.9 Å². The molecule has 1 aliphatic heterocycles. The summed E-state index contributed by atoms with van der Waals surface area (Å²) in [5, 5.41) is 1.09. The second kappa shape index (κ2) is 5.83. The van der Waals surface area contributed by atoms with Crippen LogP contribution in [0, 0.1) is 0 Å². The highest BCUT2D eigenvalue weighted by molar-refractivity contribution is 6.42. The van der Waals surface area contributed by atoms with E-state index in [1.807, 2.05) is 0 Å². The first kappa shape index (κ1) is 14.6. The number of benzene rings is 2. The van der Waals surface area contributed by atoms with Crippen molar-refractivity contribution >= 4 is 46.2 Å². The van der Waals surface area contributed by atoms with Gasteiger partial charge in [0.05, 0.1) is 11.1 Å². The Morgan fingerprint density at radius 2 is 1.18 bits per heavy atom. The number of carbonyl (C=O) groups is 2. The van der Waals surface area contributed by atoms with Crippen molar-refractivity contribution in [2.24, 2.45) is 0 Å². The Morgan fingerprint density at radius 1 is 0.727 bits per heavy atom. The van der Waals surface area contributed by atoms with Crippen LogP contribution in [0.1, 0.15) is 11.1 Å². The molecule has 0 aromatic heterocycles. The van der Waals surface area contributed by atoms with Gasteiger partial charge >= 0.3 is 0 Å². The molecule has 2 amide bonds. The van der Waals surface area contributed by atoms with Crippen molar-refractivity contribution in [2.75, 3.05) is 0 Å². The van der Waals surface area contributed by atoms with Crippen LogP contribution < -0.4 is 10.9 Å². The molecule has 2 aromatic carbocycles. The summed E-state index contributed by atoms with van der Waals surface area (Å²) in [4.78, 5) is 24.4. The number of carbonyl (C=O) groups excluding carboxylic acids is 2. The highest BCUT2D eigenvalue weighted by Crippen LogP contribution is 2.30. The van der Waals surface area contributed by atoms with Gasteiger partial charge in [-0.05, 0) is 35.4 Å². The highest BCUT2D eigenvalue weighted by Gasteiger charge is 2.29. The maximum absolute atomic E-state index is 12.2. The number of nitrogens with one attached hydrogen (secondary N) is 1. The van der Waals surface area contributed by atoms with Crippen LogP contribution in [0.4, 0.5) is 0 Å². The van der Waals surface area contributed by atoms with Crippen LogP contribution in [0.3, 0.4) is 0 Å². The minimum atomic E-state index is -0.508. The summed E-state index contributed by atoms with van der Waals surface area (Å²) < 4.78 is 0. The molecule has 6 heteroatoms. The summed E-state index contributed by atoms with van der Waals surface area (Å²) in [6.07, 6.45) is 0. The minimum absolute atomic E-state index is 0.239. The van der Waals surface area contributed by atoms with Crippen molar-refractivity contribution < 1.29 is 9.59 Å². The zero-order chi connectivity index (χ0) is 15.7. The summed E-state index contributed by atoms with van der Waals surface area (Å²) >= 11 is 11.7. The Morgan fingerprint density at radius 3 is 1.68 bits per heavy atom. The molecule has 4 nitrogen and oxygen atoms in total. The van der Waals surface area contributed by atoms with E-state index in [0.717, 1.165) is 0 Å². The van der Waals surface area contributed by atoms with Crippen LogP contribution in [0.2, 0.25) is 10.0 Å². The lowest BCUT2D eigenvalue weighted by molar-refractivity contribution is -0.124. The molecule has 109 valence electrons. The van der Waals surface area contributed by atoms with Gasteiger partial charge in [0.25, 0.3) is 11.8 Å². The first-order valence-electron chi connectivity index (χ1n) is 6.38. The Bertz CT molecular complexity index is 713.